The van der Waals surface area contributed by atoms with Gasteiger partial charge in [-0.25, -0.2) is 0 Å². The lowest BCUT2D eigenvalue weighted by molar-refractivity contribution is 0.0660. The van der Waals surface area contributed by atoms with Crippen LogP contribution < -0.4 is 0 Å². The van der Waals surface area contributed by atoms with Gasteiger partial charge in [0.2, 0.25) is 0 Å². The van der Waals surface area contributed by atoms with Gasteiger partial charge in [0.1, 0.15) is 0 Å². The van der Waals surface area contributed by atoms with Crippen LogP contribution in [0.4, 0.5) is 0 Å². The van der Waals surface area contributed by atoms with Gasteiger partial charge in [-0.05, 0) is 24.3 Å². The number of hydrogen-bond donors (Lipinski definition) is 2. The van der Waals surface area contributed by atoms with Crippen molar-refractivity contribution in [2.24, 2.45) is 5.10 Å². The van der Waals surface area contributed by atoms with E-state index in [2.05, 4.69) is 5.10 Å². The van der Waals surface area contributed by atoms with Crippen molar-refractivity contribution in [3.63, 3.8) is 0 Å². The SMILES string of the molecule is O=C1c2ccccc2C(=O)N1/N=C/c1cccc(O)c1O. The van der Waals surface area contributed by atoms with Gasteiger partial charge in [-0.1, -0.05) is 18.2 Å². The Hall–Kier alpha value is -3.15. The molecule has 1 heterocycles. The number of carbonyl (C=O) groups excluding carboxylic acids is 2. The zero-order chi connectivity index (χ0) is 15.0. The first-order valence-corrected chi connectivity index (χ1v) is 6.12. The highest BCUT2D eigenvalue weighted by molar-refractivity contribution is 6.21. The summed E-state index contributed by atoms with van der Waals surface area (Å²) >= 11 is 0. The van der Waals surface area contributed by atoms with Gasteiger partial charge >= 0.3 is 0 Å². The van der Waals surface area contributed by atoms with E-state index in [9.17, 15) is 19.8 Å². The van der Waals surface area contributed by atoms with Gasteiger partial charge in [0.25, 0.3) is 11.8 Å². The number of hydrogen-bond acceptors (Lipinski definition) is 5. The summed E-state index contributed by atoms with van der Waals surface area (Å²) in [6.45, 7) is 0. The van der Waals surface area contributed by atoms with E-state index in [1.54, 1.807) is 24.3 Å². The number of amides is 2. The smallest absolute Gasteiger partial charge is 0.282 e. The van der Waals surface area contributed by atoms with Gasteiger partial charge < -0.3 is 10.2 Å². The number of phenols is 2. The number of carbonyl (C=O) groups is 2. The van der Waals surface area contributed by atoms with E-state index in [1.807, 2.05) is 0 Å². The Balaban J connectivity index is 1.93. The molecule has 0 atom stereocenters. The third-order valence-electron chi connectivity index (χ3n) is 3.13. The highest BCUT2D eigenvalue weighted by Gasteiger charge is 2.35. The topological polar surface area (TPSA) is 90.2 Å². The fraction of sp³-hybridized carbons (Fsp3) is 0. The molecule has 0 aromatic heterocycles. The first-order chi connectivity index (χ1) is 10.1. The molecule has 3 rings (SSSR count). The maximum absolute atomic E-state index is 12.1. The zero-order valence-electron chi connectivity index (χ0n) is 10.7. The van der Waals surface area contributed by atoms with Crippen LogP contribution in [0.25, 0.3) is 0 Å². The van der Waals surface area contributed by atoms with E-state index in [-0.39, 0.29) is 17.1 Å². The second kappa shape index (κ2) is 4.75. The first-order valence-electron chi connectivity index (χ1n) is 6.12. The molecule has 0 saturated heterocycles. The summed E-state index contributed by atoms with van der Waals surface area (Å²) in [5, 5.41) is 23.6. The van der Waals surface area contributed by atoms with E-state index in [1.165, 1.54) is 18.2 Å². The van der Waals surface area contributed by atoms with Crippen LogP contribution in [0.3, 0.4) is 0 Å². The molecule has 0 fully saturated rings. The predicted octanol–water partition coefficient (Wildman–Crippen LogP) is 1.73. The number of phenolic OH excluding ortho intramolecular Hbond substituents is 2. The van der Waals surface area contributed by atoms with Crippen LogP contribution in [0.5, 0.6) is 11.5 Å². The summed E-state index contributed by atoms with van der Waals surface area (Å²) < 4.78 is 0. The average molecular weight is 282 g/mol. The van der Waals surface area contributed by atoms with Gasteiger partial charge in [0, 0.05) is 5.56 Å². The number of imide groups is 1. The lowest BCUT2D eigenvalue weighted by Gasteiger charge is -2.06. The normalized spacial score (nSPS) is 14.0. The molecule has 0 spiro atoms. The Morgan fingerprint density at radius 1 is 0.905 bits per heavy atom. The van der Waals surface area contributed by atoms with Crippen molar-refractivity contribution in [1.82, 2.24) is 5.01 Å². The minimum atomic E-state index is -0.522. The largest absolute Gasteiger partial charge is 0.504 e. The van der Waals surface area contributed by atoms with Crippen LogP contribution in [0.15, 0.2) is 47.6 Å². The maximum atomic E-state index is 12.1. The summed E-state index contributed by atoms with van der Waals surface area (Å²) in [5.41, 5.74) is 0.783. The second-order valence-electron chi connectivity index (χ2n) is 4.43. The van der Waals surface area contributed by atoms with E-state index in [0.717, 1.165) is 11.2 Å². The highest BCUT2D eigenvalue weighted by Crippen LogP contribution is 2.27. The molecule has 21 heavy (non-hydrogen) atoms. The molecule has 0 bridgehead atoms. The molecule has 0 radical (unpaired) electrons. The Labute approximate surface area is 119 Å². The van der Waals surface area contributed by atoms with Crippen molar-refractivity contribution in [1.29, 1.82) is 0 Å². The molecular weight excluding hydrogens is 272 g/mol. The minimum absolute atomic E-state index is 0.201. The van der Waals surface area contributed by atoms with Gasteiger partial charge in [-0.3, -0.25) is 9.59 Å². The molecule has 0 aliphatic carbocycles. The van der Waals surface area contributed by atoms with Crippen LogP contribution in [0, 0.1) is 0 Å². The molecule has 104 valence electrons. The number of benzene rings is 2. The predicted molar refractivity (Wildman–Crippen MR) is 74.3 cm³/mol. The number of para-hydroxylation sites is 1. The molecule has 6 heteroatoms. The summed E-state index contributed by atoms with van der Waals surface area (Å²) in [5.74, 6) is -1.71. The summed E-state index contributed by atoms with van der Waals surface area (Å²) in [6, 6.07) is 10.8. The zero-order valence-corrected chi connectivity index (χ0v) is 10.7. The van der Waals surface area contributed by atoms with Crippen molar-refractivity contribution < 1.29 is 19.8 Å². The maximum Gasteiger partial charge on any atom is 0.282 e. The van der Waals surface area contributed by atoms with Gasteiger partial charge in [0.05, 0.1) is 17.3 Å². The number of aromatic hydroxyl groups is 2. The van der Waals surface area contributed by atoms with Crippen molar-refractivity contribution in [2.45, 2.75) is 0 Å². The monoisotopic (exact) mass is 282 g/mol. The fourth-order valence-electron chi connectivity index (χ4n) is 2.05. The fourth-order valence-corrected chi connectivity index (χ4v) is 2.05. The quantitative estimate of drug-likeness (QED) is 0.498. The number of nitrogens with zero attached hydrogens (tertiary/aromatic N) is 2. The number of hydrazone groups is 1. The Bertz CT molecular complexity index is 748. The molecule has 1 aliphatic rings. The van der Waals surface area contributed by atoms with Crippen molar-refractivity contribution in [3.05, 3.63) is 59.2 Å². The lowest BCUT2D eigenvalue weighted by atomic mass is 10.1. The van der Waals surface area contributed by atoms with E-state index >= 15 is 0 Å². The molecule has 0 unspecified atom stereocenters. The van der Waals surface area contributed by atoms with E-state index < -0.39 is 11.8 Å². The summed E-state index contributed by atoms with van der Waals surface area (Å²) in [7, 11) is 0. The standard InChI is InChI=1S/C15H10N2O4/c18-12-7-3-4-9(13(12)19)8-16-17-14(20)10-5-1-2-6-11(10)15(17)21/h1-8,18-19H/b16-8+. The number of fused-ring (bicyclic) bond motifs is 1. The summed E-state index contributed by atoms with van der Waals surface area (Å²) in [6.07, 6.45) is 1.15. The second-order valence-corrected chi connectivity index (χ2v) is 4.43. The molecule has 2 N–H and O–H groups in total. The molecule has 0 saturated carbocycles. The Kier molecular flexibility index (Phi) is 2.91. The van der Waals surface area contributed by atoms with Gasteiger partial charge in [-0.15, -0.1) is 0 Å². The molecule has 2 amide bonds. The molecule has 2 aromatic carbocycles. The summed E-state index contributed by atoms with van der Waals surface area (Å²) in [4.78, 5) is 24.1. The van der Waals surface area contributed by atoms with Crippen molar-refractivity contribution >= 4 is 18.0 Å². The average Bonchev–Trinajstić information content (AvgIpc) is 2.73. The van der Waals surface area contributed by atoms with E-state index in [0.29, 0.717) is 11.1 Å². The van der Waals surface area contributed by atoms with Crippen LogP contribution in [0.2, 0.25) is 0 Å². The van der Waals surface area contributed by atoms with Crippen molar-refractivity contribution in [2.75, 3.05) is 0 Å². The van der Waals surface area contributed by atoms with Crippen LogP contribution >= 0.6 is 0 Å². The van der Waals surface area contributed by atoms with E-state index in [4.69, 9.17) is 0 Å². The van der Waals surface area contributed by atoms with Crippen LogP contribution in [0.1, 0.15) is 26.3 Å². The molecule has 2 aromatic rings. The van der Waals surface area contributed by atoms with Gasteiger partial charge in [0.15, 0.2) is 11.5 Å². The van der Waals surface area contributed by atoms with Crippen molar-refractivity contribution in [3.8, 4) is 11.5 Å². The number of rotatable bonds is 2. The Morgan fingerprint density at radius 2 is 1.52 bits per heavy atom. The lowest BCUT2D eigenvalue weighted by Crippen LogP contribution is -2.23. The molecular formula is C15H10N2O4. The highest BCUT2D eigenvalue weighted by atomic mass is 16.3. The first kappa shape index (κ1) is 12.9. The van der Waals surface area contributed by atoms with Crippen LogP contribution in [-0.2, 0) is 0 Å². The molecule has 1 aliphatic heterocycles. The molecule has 6 nitrogen and oxygen atoms in total. The van der Waals surface area contributed by atoms with Gasteiger partial charge in [-0.2, -0.15) is 10.1 Å². The van der Waals surface area contributed by atoms with Crippen LogP contribution in [-0.4, -0.2) is 33.3 Å². The Morgan fingerprint density at radius 3 is 2.14 bits per heavy atom. The third-order valence-corrected chi connectivity index (χ3v) is 3.13. The third kappa shape index (κ3) is 2.02. The minimum Gasteiger partial charge on any atom is -0.504 e.